The van der Waals surface area contributed by atoms with Gasteiger partial charge < -0.3 is 4.90 Å². The molecule has 0 unspecified atom stereocenters. The molecule has 1 rings (SSSR count). The fourth-order valence-corrected chi connectivity index (χ4v) is 1.20. The number of rotatable bonds is 5. The Labute approximate surface area is 89.2 Å². The first kappa shape index (κ1) is 10.9. The highest BCUT2D eigenvalue weighted by Crippen LogP contribution is 2.13. The van der Waals surface area contributed by atoms with Gasteiger partial charge in [0.1, 0.15) is 6.07 Å². The predicted molar refractivity (Wildman–Crippen MR) is 59.4 cm³/mol. The Morgan fingerprint density at radius 3 is 2.40 bits per heavy atom. The molecule has 1 aromatic heterocycles. The zero-order chi connectivity index (χ0) is 11.1. The van der Waals surface area contributed by atoms with Gasteiger partial charge in [0.05, 0.1) is 0 Å². The van der Waals surface area contributed by atoms with Crippen LogP contribution in [-0.4, -0.2) is 23.1 Å². The van der Waals surface area contributed by atoms with Crippen molar-refractivity contribution >= 4 is 5.82 Å². The summed E-state index contributed by atoms with van der Waals surface area (Å²) >= 11 is 0. The van der Waals surface area contributed by atoms with E-state index in [0.29, 0.717) is 24.6 Å². The monoisotopic (exact) mass is 200 g/mol. The quantitative estimate of drug-likeness (QED) is 0.676. The Balaban J connectivity index is 3.04. The van der Waals surface area contributed by atoms with Gasteiger partial charge in [-0.05, 0) is 0 Å². The molecular formula is C11H12N4. The van der Waals surface area contributed by atoms with Crippen LogP contribution < -0.4 is 4.90 Å². The molecule has 0 radical (unpaired) electrons. The molecule has 0 spiro atoms. The van der Waals surface area contributed by atoms with Crippen LogP contribution in [0.4, 0.5) is 5.82 Å². The number of hydrogen-bond acceptors (Lipinski definition) is 4. The molecule has 0 aliphatic carbocycles. The first-order chi connectivity index (χ1) is 7.33. The van der Waals surface area contributed by atoms with Gasteiger partial charge in [-0.3, -0.25) is 0 Å². The Morgan fingerprint density at radius 2 is 1.87 bits per heavy atom. The minimum Gasteiger partial charge on any atom is -0.347 e. The lowest BCUT2D eigenvalue weighted by molar-refractivity contribution is 0.910. The van der Waals surface area contributed by atoms with Crippen molar-refractivity contribution in [3.8, 4) is 6.07 Å². The fourth-order valence-electron chi connectivity index (χ4n) is 1.20. The standard InChI is InChI=1S/C11H12N4/c1-3-7-15(8-4-2)11-10(9-12)13-5-6-14-11/h3-6H,1-2,7-8H2. The predicted octanol–water partition coefficient (Wildman–Crippen LogP) is 1.53. The third kappa shape index (κ3) is 2.64. The van der Waals surface area contributed by atoms with Crippen molar-refractivity contribution in [2.75, 3.05) is 18.0 Å². The van der Waals surface area contributed by atoms with Crippen LogP contribution in [0.2, 0.25) is 0 Å². The van der Waals surface area contributed by atoms with E-state index in [2.05, 4.69) is 23.1 Å². The summed E-state index contributed by atoms with van der Waals surface area (Å²) in [6, 6.07) is 2.01. The summed E-state index contributed by atoms with van der Waals surface area (Å²) in [5.74, 6) is 0.569. The largest absolute Gasteiger partial charge is 0.347 e. The maximum Gasteiger partial charge on any atom is 0.183 e. The molecule has 4 heteroatoms. The average Bonchev–Trinajstić information content (AvgIpc) is 2.29. The maximum absolute atomic E-state index is 8.87. The number of hydrogen-bond donors (Lipinski definition) is 0. The van der Waals surface area contributed by atoms with Gasteiger partial charge in [-0.15, -0.1) is 13.2 Å². The van der Waals surface area contributed by atoms with Crippen molar-refractivity contribution in [1.29, 1.82) is 5.26 Å². The molecule has 0 aliphatic heterocycles. The first-order valence-corrected chi connectivity index (χ1v) is 4.51. The molecule has 4 nitrogen and oxygen atoms in total. The van der Waals surface area contributed by atoms with Gasteiger partial charge in [-0.2, -0.15) is 5.26 Å². The molecule has 15 heavy (non-hydrogen) atoms. The van der Waals surface area contributed by atoms with Gasteiger partial charge in [0.2, 0.25) is 0 Å². The van der Waals surface area contributed by atoms with E-state index in [9.17, 15) is 0 Å². The SMILES string of the molecule is C=CCN(CC=C)c1nccnc1C#N. The highest BCUT2D eigenvalue weighted by atomic mass is 15.2. The lowest BCUT2D eigenvalue weighted by atomic mass is 10.3. The molecule has 0 bridgehead atoms. The normalized spacial score (nSPS) is 9.00. The van der Waals surface area contributed by atoms with Crippen LogP contribution in [0, 0.1) is 11.3 Å². The topological polar surface area (TPSA) is 52.8 Å². The molecule has 1 aromatic rings. The molecule has 0 N–H and O–H groups in total. The molecule has 0 amide bonds. The van der Waals surface area contributed by atoms with Crippen LogP contribution in [0.5, 0.6) is 0 Å². The van der Waals surface area contributed by atoms with E-state index in [1.807, 2.05) is 11.0 Å². The summed E-state index contributed by atoms with van der Waals surface area (Å²) < 4.78 is 0. The molecule has 0 saturated carbocycles. The summed E-state index contributed by atoms with van der Waals surface area (Å²) in [4.78, 5) is 9.96. The van der Waals surface area contributed by atoms with E-state index in [1.54, 1.807) is 18.3 Å². The minimum absolute atomic E-state index is 0.321. The summed E-state index contributed by atoms with van der Waals surface area (Å²) in [6.07, 6.45) is 6.57. The van der Waals surface area contributed by atoms with Gasteiger partial charge in [-0.1, -0.05) is 12.2 Å². The van der Waals surface area contributed by atoms with Gasteiger partial charge in [0.15, 0.2) is 11.5 Å². The second-order valence-corrected chi connectivity index (χ2v) is 2.82. The second kappa shape index (κ2) is 5.55. The first-order valence-electron chi connectivity index (χ1n) is 4.51. The highest BCUT2D eigenvalue weighted by molar-refractivity contribution is 5.50. The fraction of sp³-hybridized carbons (Fsp3) is 0.182. The molecule has 0 aromatic carbocycles. The Kier molecular flexibility index (Phi) is 4.05. The van der Waals surface area contributed by atoms with Crippen molar-refractivity contribution < 1.29 is 0 Å². The highest BCUT2D eigenvalue weighted by Gasteiger charge is 2.10. The molecular weight excluding hydrogens is 188 g/mol. The summed E-state index contributed by atoms with van der Waals surface area (Å²) in [5, 5.41) is 8.87. The van der Waals surface area contributed by atoms with E-state index in [-0.39, 0.29) is 0 Å². The average molecular weight is 200 g/mol. The van der Waals surface area contributed by atoms with Crippen LogP contribution in [0.15, 0.2) is 37.7 Å². The van der Waals surface area contributed by atoms with E-state index in [0.717, 1.165) is 0 Å². The van der Waals surface area contributed by atoms with Crippen LogP contribution in [-0.2, 0) is 0 Å². The van der Waals surface area contributed by atoms with Crippen LogP contribution in [0.1, 0.15) is 5.69 Å². The van der Waals surface area contributed by atoms with Crippen molar-refractivity contribution in [2.45, 2.75) is 0 Å². The van der Waals surface area contributed by atoms with Crippen LogP contribution in [0.3, 0.4) is 0 Å². The molecule has 1 heterocycles. The van der Waals surface area contributed by atoms with Gasteiger partial charge in [-0.25, -0.2) is 9.97 Å². The van der Waals surface area contributed by atoms with E-state index < -0.39 is 0 Å². The Bertz CT molecular complexity index is 382. The van der Waals surface area contributed by atoms with Crippen molar-refractivity contribution in [3.05, 3.63) is 43.4 Å². The van der Waals surface area contributed by atoms with Crippen molar-refractivity contribution in [2.24, 2.45) is 0 Å². The Hall–Kier alpha value is -2.15. The van der Waals surface area contributed by atoms with Crippen LogP contribution in [0.25, 0.3) is 0 Å². The van der Waals surface area contributed by atoms with E-state index in [4.69, 9.17) is 5.26 Å². The molecule has 0 aliphatic rings. The zero-order valence-electron chi connectivity index (χ0n) is 8.43. The smallest absolute Gasteiger partial charge is 0.183 e. The van der Waals surface area contributed by atoms with E-state index >= 15 is 0 Å². The van der Waals surface area contributed by atoms with Gasteiger partial charge in [0, 0.05) is 25.5 Å². The third-order valence-corrected chi connectivity index (χ3v) is 1.78. The molecule has 0 fully saturated rings. The summed E-state index contributed by atoms with van der Waals surface area (Å²) in [7, 11) is 0. The minimum atomic E-state index is 0.321. The second-order valence-electron chi connectivity index (χ2n) is 2.82. The molecule has 0 atom stereocenters. The lowest BCUT2D eigenvalue weighted by Gasteiger charge is -2.20. The number of aromatic nitrogens is 2. The van der Waals surface area contributed by atoms with Gasteiger partial charge in [0.25, 0.3) is 0 Å². The third-order valence-electron chi connectivity index (χ3n) is 1.78. The Morgan fingerprint density at radius 1 is 1.27 bits per heavy atom. The van der Waals surface area contributed by atoms with Crippen LogP contribution >= 0.6 is 0 Å². The summed E-state index contributed by atoms with van der Waals surface area (Å²) in [6.45, 7) is 8.53. The number of anilines is 1. The van der Waals surface area contributed by atoms with Gasteiger partial charge >= 0.3 is 0 Å². The van der Waals surface area contributed by atoms with Crippen molar-refractivity contribution in [1.82, 2.24) is 9.97 Å². The molecule has 0 saturated heterocycles. The molecule has 76 valence electrons. The maximum atomic E-state index is 8.87. The zero-order valence-corrected chi connectivity index (χ0v) is 8.43. The lowest BCUT2D eigenvalue weighted by Crippen LogP contribution is -2.25. The number of nitriles is 1. The number of nitrogens with zero attached hydrogens (tertiary/aromatic N) is 4. The van der Waals surface area contributed by atoms with Crippen molar-refractivity contribution in [3.63, 3.8) is 0 Å². The van der Waals surface area contributed by atoms with E-state index in [1.165, 1.54) is 6.20 Å². The summed E-state index contributed by atoms with van der Waals surface area (Å²) in [5.41, 5.74) is 0.321.